The molecular formula is C48H57N2Na3O14S4. The summed E-state index contributed by atoms with van der Waals surface area (Å²) in [5.74, 6) is -0.478. The summed E-state index contributed by atoms with van der Waals surface area (Å²) < 4.78 is 150. The summed E-state index contributed by atoms with van der Waals surface area (Å²) in [5, 5.41) is 9.32. The van der Waals surface area contributed by atoms with Crippen LogP contribution in [-0.4, -0.2) is 105 Å². The second kappa shape index (κ2) is 26.0. The molecule has 3 aromatic carbocycles. The van der Waals surface area contributed by atoms with Crippen molar-refractivity contribution in [3.8, 4) is 5.75 Å². The molecule has 0 spiro atoms. The van der Waals surface area contributed by atoms with E-state index in [1.807, 2.05) is 85.7 Å². The molecule has 1 aliphatic carbocycles. The molecule has 3 aliphatic rings. The molecule has 71 heavy (non-hydrogen) atoms. The predicted octanol–water partition coefficient (Wildman–Crippen LogP) is -2.51. The maximum Gasteiger partial charge on any atom is 1.00 e. The summed E-state index contributed by atoms with van der Waals surface area (Å²) in [7, 11) is -18.5. The van der Waals surface area contributed by atoms with Crippen LogP contribution >= 0.6 is 0 Å². The fourth-order valence-corrected chi connectivity index (χ4v) is 11.4. The zero-order valence-electron chi connectivity index (χ0n) is 41.5. The van der Waals surface area contributed by atoms with E-state index in [1.165, 1.54) is 24.3 Å². The van der Waals surface area contributed by atoms with Crippen molar-refractivity contribution in [3.63, 3.8) is 0 Å². The number of ether oxygens (including phenoxy) is 1. The van der Waals surface area contributed by atoms with Gasteiger partial charge in [0.2, 0.25) is 5.69 Å². The molecule has 6 rings (SSSR count). The largest absolute Gasteiger partial charge is 1.00 e. The van der Waals surface area contributed by atoms with Gasteiger partial charge in [0.05, 0.1) is 42.0 Å². The maximum absolute atomic E-state index is 12.2. The van der Waals surface area contributed by atoms with E-state index < -0.39 is 62.8 Å². The maximum atomic E-state index is 12.2. The van der Waals surface area contributed by atoms with E-state index in [-0.39, 0.29) is 118 Å². The van der Waals surface area contributed by atoms with Gasteiger partial charge in [-0.2, -0.15) is 4.58 Å². The SMILES string of the molecule is CC1(C)C(/C=C/C2=C(c3cccc(OCCCCO)c3)C(=C/C=C3/N(CCCCS(=O)(=O)[O-])c4ccc(S(=O)(=O)[O-])cc4C3(C)C)/CCC2)=[N+](CCCCS(=O)(=O)[O-])c2ccc(S(=O)(=O)[O-])cc21.[Na+].[Na+].[Na+]. The minimum atomic E-state index is -4.80. The van der Waals surface area contributed by atoms with Gasteiger partial charge < -0.3 is 33.0 Å². The molecule has 2 aliphatic heterocycles. The van der Waals surface area contributed by atoms with Gasteiger partial charge in [-0.25, -0.2) is 33.7 Å². The van der Waals surface area contributed by atoms with Gasteiger partial charge in [-0.05, 0) is 142 Å². The number of nitrogens with zero attached hydrogens (tertiary/aromatic N) is 2. The first-order chi connectivity index (χ1) is 31.7. The Morgan fingerprint density at radius 2 is 1.31 bits per heavy atom. The standard InChI is InChI=1S/C48H60N2O14S4.3Na/c1-47(2)40-32-38(67(58,59)60)19-21-42(40)49(25-5-9-29-65(52,53)54)44(47)23-17-34-13-11-14-35(46(34)36-15-12-16-37(31-36)64-28-8-7-27-51)18-24-45-48(3,4)41-33-39(68(61,62)63)20-22-43(41)50(45)26-6-10-30-66(55,56)57;;;/h12,15-24,31-33,51H,5-11,13-14,25-30H2,1-4H3,(H3-,52,53,54,55,56,57,58,59,60,61,62,63);;;/q;3*+1/p-3. The number of aliphatic hydroxyl groups is 1. The molecule has 0 radical (unpaired) electrons. The van der Waals surface area contributed by atoms with Gasteiger partial charge in [-0.3, -0.25) is 0 Å². The third kappa shape index (κ3) is 16.3. The number of benzene rings is 3. The Hall–Kier alpha value is -1.51. The second-order valence-corrected chi connectivity index (χ2v) is 24.1. The summed E-state index contributed by atoms with van der Waals surface area (Å²) in [4.78, 5) is 1.19. The third-order valence-corrected chi connectivity index (χ3v) is 16.0. The van der Waals surface area contributed by atoms with Gasteiger partial charge in [-0.1, -0.05) is 38.1 Å². The molecular weight excluding hydrogens is 1030 g/mol. The Labute approximate surface area is 485 Å². The fourth-order valence-electron chi connectivity index (χ4n) is 9.33. The predicted molar refractivity (Wildman–Crippen MR) is 254 cm³/mol. The zero-order chi connectivity index (χ0) is 49.9. The number of aliphatic hydroxyl groups excluding tert-OH is 1. The van der Waals surface area contributed by atoms with Crippen LogP contribution in [0.2, 0.25) is 0 Å². The summed E-state index contributed by atoms with van der Waals surface area (Å²) in [5.41, 5.74) is 5.87. The van der Waals surface area contributed by atoms with E-state index in [0.717, 1.165) is 40.1 Å². The van der Waals surface area contributed by atoms with Crippen LogP contribution in [-0.2, 0) is 51.3 Å². The molecule has 0 fully saturated rings. The van der Waals surface area contributed by atoms with Gasteiger partial charge in [0.25, 0.3) is 0 Å². The van der Waals surface area contributed by atoms with Crippen LogP contribution < -0.4 is 98.3 Å². The number of allylic oxidation sites excluding steroid dienone is 8. The molecule has 23 heteroatoms. The summed E-state index contributed by atoms with van der Waals surface area (Å²) in [6, 6.07) is 16.0. The van der Waals surface area contributed by atoms with Crippen LogP contribution in [0.4, 0.5) is 11.4 Å². The molecule has 0 amide bonds. The van der Waals surface area contributed by atoms with Crippen molar-refractivity contribution in [2.75, 3.05) is 42.7 Å². The Morgan fingerprint density at radius 3 is 1.93 bits per heavy atom. The normalized spacial score (nSPS) is 17.8. The van der Waals surface area contributed by atoms with E-state index in [4.69, 9.17) is 4.74 Å². The van der Waals surface area contributed by atoms with Crippen LogP contribution in [0, 0.1) is 0 Å². The molecule has 0 saturated carbocycles. The topological polar surface area (TPSA) is 265 Å². The second-order valence-electron chi connectivity index (χ2n) is 18.3. The zero-order valence-corrected chi connectivity index (χ0v) is 50.7. The number of hydrogen-bond donors (Lipinski definition) is 1. The molecule has 370 valence electrons. The van der Waals surface area contributed by atoms with Crippen LogP contribution in [0.1, 0.15) is 102 Å². The summed E-state index contributed by atoms with van der Waals surface area (Å²) in [6.45, 7) is 8.62. The number of anilines is 1. The van der Waals surface area contributed by atoms with Crippen LogP contribution in [0.15, 0.2) is 112 Å². The molecule has 0 aromatic heterocycles. The van der Waals surface area contributed by atoms with E-state index >= 15 is 0 Å². The number of rotatable bonds is 21. The summed E-state index contributed by atoms with van der Waals surface area (Å²) in [6.07, 6.45) is 12.0. The molecule has 0 atom stereocenters. The van der Waals surface area contributed by atoms with Gasteiger partial charge >= 0.3 is 88.7 Å². The van der Waals surface area contributed by atoms with Crippen molar-refractivity contribution in [1.29, 1.82) is 0 Å². The van der Waals surface area contributed by atoms with Gasteiger partial charge in [0, 0.05) is 65.6 Å². The smallest absolute Gasteiger partial charge is 0.748 e. The van der Waals surface area contributed by atoms with E-state index in [9.17, 15) is 57.0 Å². The Kier molecular flexibility index (Phi) is 23.4. The number of fused-ring (bicyclic) bond motifs is 2. The van der Waals surface area contributed by atoms with Crippen molar-refractivity contribution >= 4 is 63.1 Å². The first-order valence-electron chi connectivity index (χ1n) is 22.4. The van der Waals surface area contributed by atoms with E-state index in [0.29, 0.717) is 86.5 Å². The van der Waals surface area contributed by atoms with Gasteiger partial charge in [0.1, 0.15) is 32.5 Å². The van der Waals surface area contributed by atoms with E-state index in [2.05, 4.69) is 0 Å². The molecule has 0 bridgehead atoms. The van der Waals surface area contributed by atoms with Crippen LogP contribution in [0.25, 0.3) is 5.57 Å². The monoisotopic (exact) mass is 1080 g/mol. The molecule has 0 unspecified atom stereocenters. The van der Waals surface area contributed by atoms with Crippen LogP contribution in [0.3, 0.4) is 0 Å². The first-order valence-corrected chi connectivity index (χ1v) is 28.4. The Morgan fingerprint density at radius 1 is 0.690 bits per heavy atom. The van der Waals surface area contributed by atoms with Crippen molar-refractivity contribution in [2.45, 2.75) is 106 Å². The van der Waals surface area contributed by atoms with Crippen molar-refractivity contribution in [3.05, 3.63) is 119 Å². The first kappa shape index (κ1) is 63.8. The molecule has 3 aromatic rings. The van der Waals surface area contributed by atoms with Crippen molar-refractivity contribution < 1.29 is 155 Å². The van der Waals surface area contributed by atoms with Crippen molar-refractivity contribution in [1.82, 2.24) is 0 Å². The summed E-state index contributed by atoms with van der Waals surface area (Å²) >= 11 is 0. The Balaban J connectivity index is 0.00000444. The third-order valence-electron chi connectivity index (χ3n) is 12.7. The molecule has 0 saturated heterocycles. The van der Waals surface area contributed by atoms with Gasteiger partial charge in [0.15, 0.2) is 5.71 Å². The number of hydrogen-bond acceptors (Lipinski definition) is 15. The minimum absolute atomic E-state index is 0. The van der Waals surface area contributed by atoms with E-state index in [1.54, 1.807) is 12.1 Å². The molecule has 2 heterocycles. The van der Waals surface area contributed by atoms with Crippen molar-refractivity contribution in [2.24, 2.45) is 0 Å². The van der Waals surface area contributed by atoms with Crippen LogP contribution in [0.5, 0.6) is 5.75 Å². The molecule has 16 nitrogen and oxygen atoms in total. The molecule has 1 N–H and O–H groups in total. The number of unbranched alkanes of at least 4 members (excludes halogenated alkanes) is 3. The van der Waals surface area contributed by atoms with Gasteiger partial charge in [-0.15, -0.1) is 0 Å². The quantitative estimate of drug-likeness (QED) is 0.0500. The fraction of sp³-hybridized carbons (Fsp3) is 0.438. The Bertz CT molecular complexity index is 3060. The average molecular weight is 1080 g/mol. The minimum Gasteiger partial charge on any atom is -0.748 e. The average Bonchev–Trinajstić information content (AvgIpc) is 3.59.